The van der Waals surface area contributed by atoms with Gasteiger partial charge in [-0.05, 0) is 30.3 Å². The fourth-order valence-corrected chi connectivity index (χ4v) is 3.36. The molecule has 1 aliphatic heterocycles. The van der Waals surface area contributed by atoms with Crippen molar-refractivity contribution in [2.45, 2.75) is 6.17 Å². The van der Waals surface area contributed by atoms with Crippen molar-refractivity contribution in [2.24, 2.45) is 0 Å². The summed E-state index contributed by atoms with van der Waals surface area (Å²) >= 11 is 0. The molecular formula is C22H18N2O3. The second-order valence-electron chi connectivity index (χ2n) is 6.18. The minimum atomic E-state index is -0.537. The summed E-state index contributed by atoms with van der Waals surface area (Å²) < 4.78 is 4.93. The highest BCUT2D eigenvalue weighted by Gasteiger charge is 2.35. The van der Waals surface area contributed by atoms with Gasteiger partial charge in [-0.15, -0.1) is 0 Å². The topological polar surface area (TPSA) is 58.6 Å². The van der Waals surface area contributed by atoms with E-state index in [4.69, 9.17) is 4.74 Å². The molecule has 1 N–H and O–H groups in total. The lowest BCUT2D eigenvalue weighted by Gasteiger charge is -2.38. The van der Waals surface area contributed by atoms with Crippen molar-refractivity contribution in [2.75, 3.05) is 17.3 Å². The second kappa shape index (κ2) is 6.96. The van der Waals surface area contributed by atoms with E-state index in [0.717, 1.165) is 11.4 Å². The van der Waals surface area contributed by atoms with Gasteiger partial charge in [0, 0.05) is 16.9 Å². The van der Waals surface area contributed by atoms with Crippen molar-refractivity contribution in [1.82, 2.24) is 0 Å². The minimum absolute atomic E-state index is 0.125. The molecule has 0 radical (unpaired) electrons. The van der Waals surface area contributed by atoms with Crippen LogP contribution >= 0.6 is 0 Å². The summed E-state index contributed by atoms with van der Waals surface area (Å²) in [6.45, 7) is 0. The number of benzene rings is 3. The molecule has 0 fully saturated rings. The number of carbonyl (C=O) groups is 2. The molecule has 1 heterocycles. The quantitative estimate of drug-likeness (QED) is 0.712. The number of fused-ring (bicyclic) bond motifs is 1. The van der Waals surface area contributed by atoms with Gasteiger partial charge in [-0.3, -0.25) is 9.69 Å². The average Bonchev–Trinajstić information content (AvgIpc) is 2.73. The number of ether oxygens (including phenoxy) is 1. The van der Waals surface area contributed by atoms with Gasteiger partial charge in [0.1, 0.15) is 6.17 Å². The number of methoxy groups -OCH3 is 1. The Morgan fingerprint density at radius 1 is 0.926 bits per heavy atom. The standard InChI is InChI=1S/C22H18N2O3/c1-27-22(26)17-12-6-5-11-16(17)20-23-19-14-8-7-13-18(19)21(25)24(20)15-9-3-2-4-10-15/h2-14,20,23H,1H3/t20-/m0/s1. The molecule has 1 atom stereocenters. The zero-order valence-corrected chi connectivity index (χ0v) is 14.8. The molecule has 0 unspecified atom stereocenters. The lowest BCUT2D eigenvalue weighted by atomic mass is 9.99. The first-order valence-electron chi connectivity index (χ1n) is 8.62. The number of hydrogen-bond donors (Lipinski definition) is 1. The Morgan fingerprint density at radius 3 is 2.37 bits per heavy atom. The van der Waals surface area contributed by atoms with Gasteiger partial charge in [0.05, 0.1) is 18.2 Å². The predicted octanol–water partition coefficient (Wildman–Crippen LogP) is 4.24. The number of carbonyl (C=O) groups excluding carboxylic acids is 2. The fraction of sp³-hybridized carbons (Fsp3) is 0.0909. The Labute approximate surface area is 157 Å². The molecule has 5 heteroatoms. The van der Waals surface area contributed by atoms with E-state index >= 15 is 0 Å². The molecular weight excluding hydrogens is 340 g/mol. The molecule has 0 aromatic heterocycles. The molecule has 0 saturated carbocycles. The van der Waals surface area contributed by atoms with Gasteiger partial charge in [0.15, 0.2) is 0 Å². The highest BCUT2D eigenvalue weighted by molar-refractivity contribution is 6.12. The maximum Gasteiger partial charge on any atom is 0.338 e. The van der Waals surface area contributed by atoms with Gasteiger partial charge in [0.2, 0.25) is 0 Å². The summed E-state index contributed by atoms with van der Waals surface area (Å²) in [5.74, 6) is -0.563. The third-order valence-electron chi connectivity index (χ3n) is 4.62. The van der Waals surface area contributed by atoms with E-state index in [0.29, 0.717) is 16.7 Å². The molecule has 1 amide bonds. The van der Waals surface area contributed by atoms with Crippen molar-refractivity contribution >= 4 is 23.3 Å². The largest absolute Gasteiger partial charge is 0.465 e. The molecule has 0 aliphatic carbocycles. The van der Waals surface area contributed by atoms with Gasteiger partial charge in [-0.2, -0.15) is 0 Å². The van der Waals surface area contributed by atoms with Gasteiger partial charge in [-0.1, -0.05) is 48.5 Å². The summed E-state index contributed by atoms with van der Waals surface area (Å²) in [4.78, 5) is 27.3. The molecule has 3 aromatic carbocycles. The summed E-state index contributed by atoms with van der Waals surface area (Å²) in [5, 5.41) is 3.41. The Hall–Kier alpha value is -3.60. The fourth-order valence-electron chi connectivity index (χ4n) is 3.36. The number of para-hydroxylation sites is 2. The van der Waals surface area contributed by atoms with E-state index in [9.17, 15) is 9.59 Å². The first-order valence-corrected chi connectivity index (χ1v) is 8.62. The maximum absolute atomic E-state index is 13.3. The van der Waals surface area contributed by atoms with Crippen LogP contribution in [0.2, 0.25) is 0 Å². The summed E-state index contributed by atoms with van der Waals surface area (Å²) in [5.41, 5.74) is 3.17. The van der Waals surface area contributed by atoms with Crippen molar-refractivity contribution in [3.8, 4) is 0 Å². The van der Waals surface area contributed by atoms with E-state index in [1.54, 1.807) is 23.1 Å². The zero-order chi connectivity index (χ0) is 18.8. The Kier molecular flexibility index (Phi) is 4.34. The Balaban J connectivity index is 1.90. The van der Waals surface area contributed by atoms with Crippen molar-refractivity contribution < 1.29 is 14.3 Å². The molecule has 0 bridgehead atoms. The minimum Gasteiger partial charge on any atom is -0.465 e. The van der Waals surface area contributed by atoms with E-state index in [1.165, 1.54) is 7.11 Å². The summed E-state index contributed by atoms with van der Waals surface area (Å²) in [6.07, 6.45) is -0.537. The molecule has 3 aromatic rings. The maximum atomic E-state index is 13.3. The van der Waals surface area contributed by atoms with E-state index in [2.05, 4.69) is 5.32 Å². The normalized spacial score (nSPS) is 15.7. The monoisotopic (exact) mass is 358 g/mol. The SMILES string of the molecule is COC(=O)c1ccccc1[C@H]1Nc2ccccc2C(=O)N1c1ccccc1. The molecule has 1 aliphatic rings. The Morgan fingerprint density at radius 2 is 1.59 bits per heavy atom. The van der Waals surface area contributed by atoms with Crippen LogP contribution in [0, 0.1) is 0 Å². The smallest absolute Gasteiger partial charge is 0.338 e. The van der Waals surface area contributed by atoms with Crippen molar-refractivity contribution in [3.05, 3.63) is 95.6 Å². The van der Waals surface area contributed by atoms with E-state index < -0.39 is 12.1 Å². The highest BCUT2D eigenvalue weighted by Crippen LogP contribution is 2.37. The number of nitrogens with one attached hydrogen (secondary N) is 1. The highest BCUT2D eigenvalue weighted by atomic mass is 16.5. The van der Waals surface area contributed by atoms with Gasteiger partial charge in [0.25, 0.3) is 5.91 Å². The van der Waals surface area contributed by atoms with Gasteiger partial charge in [-0.25, -0.2) is 4.79 Å². The van der Waals surface area contributed by atoms with Crippen molar-refractivity contribution in [3.63, 3.8) is 0 Å². The molecule has 134 valence electrons. The zero-order valence-electron chi connectivity index (χ0n) is 14.8. The average molecular weight is 358 g/mol. The van der Waals surface area contributed by atoms with E-state index in [1.807, 2.05) is 60.7 Å². The summed E-state index contributed by atoms with van der Waals surface area (Å²) in [6, 6.07) is 24.0. The lowest BCUT2D eigenvalue weighted by molar-refractivity contribution is 0.0598. The van der Waals surface area contributed by atoms with Crippen LogP contribution in [0.1, 0.15) is 32.4 Å². The predicted molar refractivity (Wildman–Crippen MR) is 104 cm³/mol. The number of anilines is 2. The Bertz CT molecular complexity index is 1000. The van der Waals surface area contributed by atoms with Crippen LogP contribution < -0.4 is 10.2 Å². The first-order chi connectivity index (χ1) is 13.2. The van der Waals surface area contributed by atoms with Gasteiger partial charge >= 0.3 is 5.97 Å². The molecule has 0 saturated heterocycles. The lowest BCUT2D eigenvalue weighted by Crippen LogP contribution is -2.43. The number of amides is 1. The van der Waals surface area contributed by atoms with Crippen LogP contribution in [-0.4, -0.2) is 19.0 Å². The number of hydrogen-bond acceptors (Lipinski definition) is 4. The first kappa shape index (κ1) is 16.8. The van der Waals surface area contributed by atoms with Crippen LogP contribution in [0.4, 0.5) is 11.4 Å². The second-order valence-corrected chi connectivity index (χ2v) is 6.18. The van der Waals surface area contributed by atoms with Crippen LogP contribution in [0.25, 0.3) is 0 Å². The van der Waals surface area contributed by atoms with Crippen LogP contribution in [0.15, 0.2) is 78.9 Å². The number of esters is 1. The third-order valence-corrected chi connectivity index (χ3v) is 4.62. The van der Waals surface area contributed by atoms with Gasteiger partial charge < -0.3 is 10.1 Å². The van der Waals surface area contributed by atoms with E-state index in [-0.39, 0.29) is 5.91 Å². The molecule has 4 rings (SSSR count). The number of nitrogens with zero attached hydrogens (tertiary/aromatic N) is 1. The number of rotatable bonds is 3. The molecule has 0 spiro atoms. The van der Waals surface area contributed by atoms with Crippen LogP contribution in [-0.2, 0) is 4.74 Å². The van der Waals surface area contributed by atoms with Crippen LogP contribution in [0.5, 0.6) is 0 Å². The van der Waals surface area contributed by atoms with Crippen molar-refractivity contribution in [1.29, 1.82) is 0 Å². The van der Waals surface area contributed by atoms with Crippen LogP contribution in [0.3, 0.4) is 0 Å². The molecule has 5 nitrogen and oxygen atoms in total. The summed E-state index contributed by atoms with van der Waals surface area (Å²) in [7, 11) is 1.35. The molecule has 27 heavy (non-hydrogen) atoms. The third kappa shape index (κ3) is 2.93.